The van der Waals surface area contributed by atoms with Gasteiger partial charge in [-0.15, -0.1) is 12.4 Å². The highest BCUT2D eigenvalue weighted by atomic mass is 35.5. The summed E-state index contributed by atoms with van der Waals surface area (Å²) >= 11 is 11.3. The van der Waals surface area contributed by atoms with Crippen LogP contribution in [-0.4, -0.2) is 32.4 Å². The van der Waals surface area contributed by atoms with Crippen molar-refractivity contribution in [1.29, 1.82) is 0 Å². The number of halogens is 4. The first-order chi connectivity index (χ1) is 8.87. The number of hydrogen-bond donors (Lipinski definition) is 1. The van der Waals surface area contributed by atoms with Crippen molar-refractivity contribution in [2.45, 2.75) is 11.3 Å². The van der Waals surface area contributed by atoms with Crippen molar-refractivity contribution < 1.29 is 12.8 Å². The van der Waals surface area contributed by atoms with Crippen LogP contribution in [-0.2, 0) is 10.0 Å². The highest BCUT2D eigenvalue weighted by Crippen LogP contribution is 2.33. The lowest BCUT2D eigenvalue weighted by molar-refractivity contribution is 0.458. The van der Waals surface area contributed by atoms with Crippen LogP contribution >= 0.6 is 35.6 Å². The molecule has 0 amide bonds. The highest BCUT2D eigenvalue weighted by Gasteiger charge is 2.34. The van der Waals surface area contributed by atoms with Gasteiger partial charge in [0, 0.05) is 13.1 Å². The first kappa shape index (κ1) is 17.9. The van der Waals surface area contributed by atoms with E-state index in [9.17, 15) is 12.8 Å². The van der Waals surface area contributed by atoms with Gasteiger partial charge in [0.2, 0.25) is 10.0 Å². The normalized spacial score (nSPS) is 19.9. The molecule has 2 rings (SSSR count). The van der Waals surface area contributed by atoms with Crippen molar-refractivity contribution in [2.75, 3.05) is 19.6 Å². The third-order valence-electron chi connectivity index (χ3n) is 3.20. The van der Waals surface area contributed by atoms with Crippen molar-refractivity contribution in [1.82, 2.24) is 4.31 Å². The van der Waals surface area contributed by atoms with Crippen LogP contribution in [0, 0.1) is 11.7 Å². The molecule has 4 nitrogen and oxygen atoms in total. The van der Waals surface area contributed by atoms with Gasteiger partial charge in [-0.25, -0.2) is 12.8 Å². The van der Waals surface area contributed by atoms with Crippen LogP contribution in [0.15, 0.2) is 17.0 Å². The van der Waals surface area contributed by atoms with Gasteiger partial charge in [0.05, 0.1) is 10.0 Å². The Bertz CT molecular complexity index is 598. The van der Waals surface area contributed by atoms with Crippen LogP contribution in [0.5, 0.6) is 0 Å². The summed E-state index contributed by atoms with van der Waals surface area (Å²) in [6, 6.07) is 2.41. The Labute approximate surface area is 133 Å². The molecular weight excluding hydrogens is 350 g/mol. The summed E-state index contributed by atoms with van der Waals surface area (Å²) < 4.78 is 39.6. The van der Waals surface area contributed by atoms with E-state index in [1.807, 2.05) is 0 Å². The zero-order valence-electron chi connectivity index (χ0n) is 10.4. The first-order valence-electron chi connectivity index (χ1n) is 5.71. The summed E-state index contributed by atoms with van der Waals surface area (Å²) in [5.74, 6) is -0.787. The lowest BCUT2D eigenvalue weighted by Crippen LogP contribution is -2.30. The number of benzene rings is 1. The number of rotatable bonds is 3. The Hall–Kier alpha value is -0.110. The van der Waals surface area contributed by atoms with Gasteiger partial charge in [-0.1, -0.05) is 23.2 Å². The highest BCUT2D eigenvalue weighted by molar-refractivity contribution is 7.89. The van der Waals surface area contributed by atoms with E-state index in [0.29, 0.717) is 26.1 Å². The fraction of sp³-hybridized carbons (Fsp3) is 0.455. The van der Waals surface area contributed by atoms with Gasteiger partial charge >= 0.3 is 0 Å². The van der Waals surface area contributed by atoms with E-state index >= 15 is 0 Å². The monoisotopic (exact) mass is 362 g/mol. The summed E-state index contributed by atoms with van der Waals surface area (Å²) in [6.45, 7) is 1.12. The van der Waals surface area contributed by atoms with E-state index in [1.54, 1.807) is 0 Å². The second kappa shape index (κ2) is 6.77. The third-order valence-corrected chi connectivity index (χ3v) is 5.88. The molecule has 0 radical (unpaired) electrons. The Morgan fingerprint density at radius 3 is 2.60 bits per heavy atom. The topological polar surface area (TPSA) is 63.4 Å². The summed E-state index contributed by atoms with van der Waals surface area (Å²) in [5, 5.41) is -0.672. The standard InChI is InChI=1S/C11H13Cl2FN2O2S.ClH/c12-8-1-2-9(10(13)11(8)14)19(17,18)16-4-3-7(5-15)6-16;/h1-2,7H,3-6,15H2;1H. The number of sulfonamides is 1. The van der Waals surface area contributed by atoms with Crippen LogP contribution in [0.25, 0.3) is 0 Å². The quantitative estimate of drug-likeness (QED) is 0.839. The molecule has 2 N–H and O–H groups in total. The van der Waals surface area contributed by atoms with Crippen molar-refractivity contribution in [2.24, 2.45) is 11.7 Å². The van der Waals surface area contributed by atoms with E-state index in [-0.39, 0.29) is 28.2 Å². The summed E-state index contributed by atoms with van der Waals surface area (Å²) in [7, 11) is -3.80. The zero-order valence-corrected chi connectivity index (χ0v) is 13.5. The molecule has 0 saturated carbocycles. The van der Waals surface area contributed by atoms with E-state index in [0.717, 1.165) is 0 Å². The minimum Gasteiger partial charge on any atom is -0.330 e. The molecule has 1 aliphatic rings. The zero-order chi connectivity index (χ0) is 14.2. The molecule has 0 spiro atoms. The molecule has 20 heavy (non-hydrogen) atoms. The van der Waals surface area contributed by atoms with E-state index in [1.165, 1.54) is 16.4 Å². The molecule has 1 aliphatic heterocycles. The maximum Gasteiger partial charge on any atom is 0.244 e. The molecule has 1 unspecified atom stereocenters. The molecule has 0 aliphatic carbocycles. The fourth-order valence-corrected chi connectivity index (χ4v) is 4.30. The third kappa shape index (κ3) is 3.21. The van der Waals surface area contributed by atoms with Crippen molar-refractivity contribution in [3.05, 3.63) is 28.0 Å². The second-order valence-electron chi connectivity index (χ2n) is 4.43. The van der Waals surface area contributed by atoms with Crippen LogP contribution < -0.4 is 5.73 Å². The smallest absolute Gasteiger partial charge is 0.244 e. The van der Waals surface area contributed by atoms with Crippen LogP contribution in [0.4, 0.5) is 4.39 Å². The molecule has 114 valence electrons. The molecule has 0 aromatic heterocycles. The average molecular weight is 364 g/mol. The Balaban J connectivity index is 0.00000200. The lowest BCUT2D eigenvalue weighted by atomic mass is 10.1. The summed E-state index contributed by atoms with van der Waals surface area (Å²) in [5.41, 5.74) is 5.53. The van der Waals surface area contributed by atoms with E-state index in [2.05, 4.69) is 0 Å². The van der Waals surface area contributed by atoms with E-state index < -0.39 is 20.9 Å². The van der Waals surface area contributed by atoms with Gasteiger partial charge in [0.25, 0.3) is 0 Å². The summed E-state index contributed by atoms with van der Waals surface area (Å²) in [6.07, 6.45) is 0.698. The number of nitrogens with two attached hydrogens (primary N) is 1. The number of hydrogen-bond acceptors (Lipinski definition) is 3. The van der Waals surface area contributed by atoms with Crippen molar-refractivity contribution in [3.63, 3.8) is 0 Å². The van der Waals surface area contributed by atoms with Gasteiger partial charge in [0.1, 0.15) is 4.90 Å². The molecular formula is C11H14Cl3FN2O2S. The molecule has 1 aromatic rings. The van der Waals surface area contributed by atoms with Crippen LogP contribution in [0.1, 0.15) is 6.42 Å². The van der Waals surface area contributed by atoms with Gasteiger partial charge in [-0.3, -0.25) is 0 Å². The maximum atomic E-state index is 13.6. The Kier molecular flexibility index (Phi) is 6.07. The minimum atomic E-state index is -3.80. The van der Waals surface area contributed by atoms with Crippen LogP contribution in [0.2, 0.25) is 10.0 Å². The summed E-state index contributed by atoms with van der Waals surface area (Å²) in [4.78, 5) is -0.256. The number of nitrogens with zero attached hydrogens (tertiary/aromatic N) is 1. The molecule has 1 heterocycles. The van der Waals surface area contributed by atoms with Crippen molar-refractivity contribution in [3.8, 4) is 0 Å². The van der Waals surface area contributed by atoms with Gasteiger partial charge in [-0.05, 0) is 31.0 Å². The molecule has 0 bridgehead atoms. The molecule has 1 fully saturated rings. The first-order valence-corrected chi connectivity index (χ1v) is 7.91. The molecule has 1 aromatic carbocycles. The predicted octanol–water partition coefficient (Wildman–Crippen LogP) is 2.52. The lowest BCUT2D eigenvalue weighted by Gasteiger charge is -2.17. The van der Waals surface area contributed by atoms with Gasteiger partial charge in [0.15, 0.2) is 5.82 Å². The SMILES string of the molecule is Cl.NCC1CCN(S(=O)(=O)c2ccc(Cl)c(F)c2Cl)C1. The van der Waals surface area contributed by atoms with Crippen molar-refractivity contribution >= 4 is 45.6 Å². The second-order valence-corrected chi connectivity index (χ2v) is 7.12. The largest absolute Gasteiger partial charge is 0.330 e. The molecule has 1 saturated heterocycles. The van der Waals surface area contributed by atoms with E-state index in [4.69, 9.17) is 28.9 Å². The Morgan fingerprint density at radius 2 is 2.05 bits per heavy atom. The van der Waals surface area contributed by atoms with Crippen LogP contribution in [0.3, 0.4) is 0 Å². The maximum absolute atomic E-state index is 13.6. The Morgan fingerprint density at radius 1 is 1.40 bits per heavy atom. The molecule has 1 atom stereocenters. The minimum absolute atomic E-state index is 0. The molecule has 9 heteroatoms. The predicted molar refractivity (Wildman–Crippen MR) is 79.6 cm³/mol. The van der Waals surface area contributed by atoms with Gasteiger partial charge < -0.3 is 5.73 Å². The fourth-order valence-electron chi connectivity index (χ4n) is 2.05. The van der Waals surface area contributed by atoms with Gasteiger partial charge in [-0.2, -0.15) is 4.31 Å². The average Bonchev–Trinajstić information content (AvgIpc) is 2.85.